The van der Waals surface area contributed by atoms with Gasteiger partial charge < -0.3 is 10.5 Å². The fourth-order valence-electron chi connectivity index (χ4n) is 1.53. The van der Waals surface area contributed by atoms with E-state index in [2.05, 4.69) is 4.98 Å². The summed E-state index contributed by atoms with van der Waals surface area (Å²) in [6.45, 7) is 3.40. The molecule has 0 saturated heterocycles. The maximum absolute atomic E-state index is 5.63. The molecule has 0 atom stereocenters. The van der Waals surface area contributed by atoms with Crippen molar-refractivity contribution in [2.75, 3.05) is 12.3 Å². The number of aryl methyl sites for hydroxylation is 1. The molecule has 0 aliphatic heterocycles. The lowest BCUT2D eigenvalue weighted by atomic mass is 10.2. The van der Waals surface area contributed by atoms with E-state index in [1.165, 1.54) is 4.88 Å². The van der Waals surface area contributed by atoms with E-state index in [-0.39, 0.29) is 0 Å². The van der Waals surface area contributed by atoms with Crippen molar-refractivity contribution in [3.63, 3.8) is 0 Å². The van der Waals surface area contributed by atoms with E-state index in [0.29, 0.717) is 6.61 Å². The topological polar surface area (TPSA) is 48.1 Å². The van der Waals surface area contributed by atoms with Crippen LogP contribution in [0.4, 0.5) is 5.69 Å². The zero-order chi connectivity index (χ0) is 12.1. The van der Waals surface area contributed by atoms with Crippen molar-refractivity contribution in [1.29, 1.82) is 0 Å². The van der Waals surface area contributed by atoms with Crippen molar-refractivity contribution in [2.24, 2.45) is 0 Å². The Morgan fingerprint density at radius 3 is 2.71 bits per heavy atom. The maximum atomic E-state index is 5.63. The Bertz CT molecular complexity index is 465. The number of aromatic nitrogens is 1. The van der Waals surface area contributed by atoms with Gasteiger partial charge in [0.25, 0.3) is 0 Å². The molecule has 17 heavy (non-hydrogen) atoms. The van der Waals surface area contributed by atoms with E-state index in [0.717, 1.165) is 30.0 Å². The van der Waals surface area contributed by atoms with Crippen LogP contribution >= 0.6 is 11.3 Å². The number of ether oxygens (including phenoxy) is 1. The molecule has 4 heteroatoms. The van der Waals surface area contributed by atoms with Crippen molar-refractivity contribution in [3.05, 3.63) is 45.9 Å². The van der Waals surface area contributed by atoms with Crippen molar-refractivity contribution in [3.8, 4) is 0 Å². The Balaban J connectivity index is 1.73. The van der Waals surface area contributed by atoms with Crippen LogP contribution in [0.2, 0.25) is 0 Å². The average molecular weight is 248 g/mol. The summed E-state index contributed by atoms with van der Waals surface area (Å²) in [5.41, 5.74) is 10.6. The summed E-state index contributed by atoms with van der Waals surface area (Å²) < 4.78 is 5.63. The number of thiazole rings is 1. The van der Waals surface area contributed by atoms with Crippen LogP contribution in [-0.2, 0) is 17.8 Å². The highest BCUT2D eigenvalue weighted by atomic mass is 32.1. The number of anilines is 1. The van der Waals surface area contributed by atoms with Crippen molar-refractivity contribution in [1.82, 2.24) is 4.98 Å². The second kappa shape index (κ2) is 5.80. The van der Waals surface area contributed by atoms with E-state index in [4.69, 9.17) is 10.5 Å². The summed E-state index contributed by atoms with van der Waals surface area (Å²) in [5, 5.41) is 0. The Labute approximate surface area is 105 Å². The first-order valence-electron chi connectivity index (χ1n) is 5.57. The largest absolute Gasteiger partial charge is 0.399 e. The molecule has 0 aliphatic rings. The molecule has 2 N–H and O–H groups in total. The quantitative estimate of drug-likeness (QED) is 0.654. The lowest BCUT2D eigenvalue weighted by Crippen LogP contribution is -1.99. The summed E-state index contributed by atoms with van der Waals surface area (Å²) >= 11 is 1.69. The van der Waals surface area contributed by atoms with E-state index in [9.17, 15) is 0 Å². The molecule has 0 amide bonds. The molecule has 0 aliphatic carbocycles. The zero-order valence-electron chi connectivity index (χ0n) is 9.85. The van der Waals surface area contributed by atoms with Crippen LogP contribution in [0.5, 0.6) is 0 Å². The van der Waals surface area contributed by atoms with Crippen LogP contribution in [0.1, 0.15) is 16.1 Å². The summed E-state index contributed by atoms with van der Waals surface area (Å²) in [7, 11) is 0. The fourth-order valence-corrected chi connectivity index (χ4v) is 2.30. The molecule has 90 valence electrons. The zero-order valence-corrected chi connectivity index (χ0v) is 10.7. The van der Waals surface area contributed by atoms with Gasteiger partial charge in [-0.2, -0.15) is 0 Å². The van der Waals surface area contributed by atoms with Gasteiger partial charge in [-0.05, 0) is 24.6 Å². The number of rotatable bonds is 5. The fraction of sp³-hybridized carbons (Fsp3) is 0.308. The summed E-state index contributed by atoms with van der Waals surface area (Å²) in [6, 6.07) is 7.78. The molecule has 0 bridgehead atoms. The van der Waals surface area contributed by atoms with Crippen LogP contribution < -0.4 is 5.73 Å². The minimum Gasteiger partial charge on any atom is -0.399 e. The van der Waals surface area contributed by atoms with E-state index >= 15 is 0 Å². The minimum atomic E-state index is 0.637. The van der Waals surface area contributed by atoms with Gasteiger partial charge in [0, 0.05) is 17.0 Å². The average Bonchev–Trinajstić information content (AvgIpc) is 2.73. The highest BCUT2D eigenvalue weighted by Gasteiger charge is 2.01. The van der Waals surface area contributed by atoms with E-state index < -0.39 is 0 Å². The van der Waals surface area contributed by atoms with E-state index in [1.807, 2.05) is 36.7 Å². The number of nitrogens with zero attached hydrogens (tertiary/aromatic N) is 1. The Morgan fingerprint density at radius 1 is 1.29 bits per heavy atom. The Hall–Kier alpha value is -1.39. The first-order chi connectivity index (χ1) is 8.25. The van der Waals surface area contributed by atoms with Gasteiger partial charge in [0.1, 0.15) is 0 Å². The van der Waals surface area contributed by atoms with Crippen LogP contribution in [0.3, 0.4) is 0 Å². The van der Waals surface area contributed by atoms with Crippen molar-refractivity contribution < 1.29 is 4.74 Å². The SMILES string of the molecule is Cc1ncsc1CCOCc1ccc(N)cc1. The van der Waals surface area contributed by atoms with Gasteiger partial charge >= 0.3 is 0 Å². The van der Waals surface area contributed by atoms with E-state index in [1.54, 1.807) is 11.3 Å². The lowest BCUT2D eigenvalue weighted by Gasteiger charge is -2.04. The van der Waals surface area contributed by atoms with Gasteiger partial charge in [-0.1, -0.05) is 12.1 Å². The summed E-state index contributed by atoms with van der Waals surface area (Å²) in [5.74, 6) is 0. The molecule has 1 aromatic heterocycles. The van der Waals surface area contributed by atoms with Gasteiger partial charge in [-0.3, -0.25) is 0 Å². The molecule has 0 spiro atoms. The van der Waals surface area contributed by atoms with Gasteiger partial charge in [-0.15, -0.1) is 11.3 Å². The van der Waals surface area contributed by atoms with Crippen LogP contribution in [0.15, 0.2) is 29.8 Å². The number of nitrogens with two attached hydrogens (primary N) is 1. The highest BCUT2D eigenvalue weighted by Crippen LogP contribution is 2.13. The third-order valence-electron chi connectivity index (χ3n) is 2.57. The van der Waals surface area contributed by atoms with Crippen molar-refractivity contribution >= 4 is 17.0 Å². The molecular formula is C13H16N2OS. The molecule has 1 aromatic carbocycles. The predicted molar refractivity (Wildman–Crippen MR) is 71.1 cm³/mol. The molecule has 0 fully saturated rings. The number of hydrogen-bond acceptors (Lipinski definition) is 4. The molecular weight excluding hydrogens is 232 g/mol. The third kappa shape index (κ3) is 3.54. The molecule has 0 radical (unpaired) electrons. The lowest BCUT2D eigenvalue weighted by molar-refractivity contribution is 0.124. The predicted octanol–water partition coefficient (Wildman–Crippen LogP) is 2.79. The highest BCUT2D eigenvalue weighted by molar-refractivity contribution is 7.09. The van der Waals surface area contributed by atoms with Gasteiger partial charge in [0.2, 0.25) is 0 Å². The molecule has 2 aromatic rings. The Morgan fingerprint density at radius 2 is 2.06 bits per heavy atom. The normalized spacial score (nSPS) is 10.6. The summed E-state index contributed by atoms with van der Waals surface area (Å²) in [4.78, 5) is 5.52. The molecule has 0 unspecified atom stereocenters. The van der Waals surface area contributed by atoms with Crippen LogP contribution in [0, 0.1) is 6.92 Å². The number of hydrogen-bond donors (Lipinski definition) is 1. The van der Waals surface area contributed by atoms with Gasteiger partial charge in [0.05, 0.1) is 24.4 Å². The second-order valence-corrected chi connectivity index (χ2v) is 4.84. The first kappa shape index (κ1) is 12.1. The number of benzene rings is 1. The number of nitrogen functional groups attached to an aromatic ring is 1. The standard InChI is InChI=1S/C13H16N2OS/c1-10-13(17-9-15-10)6-7-16-8-11-2-4-12(14)5-3-11/h2-5,9H,6-8,14H2,1H3. The maximum Gasteiger partial charge on any atom is 0.0797 e. The molecule has 3 nitrogen and oxygen atoms in total. The van der Waals surface area contributed by atoms with Crippen LogP contribution in [-0.4, -0.2) is 11.6 Å². The molecule has 1 heterocycles. The molecule has 2 rings (SSSR count). The third-order valence-corrected chi connectivity index (χ3v) is 3.56. The second-order valence-electron chi connectivity index (χ2n) is 3.91. The first-order valence-corrected chi connectivity index (χ1v) is 6.45. The Kier molecular flexibility index (Phi) is 4.12. The van der Waals surface area contributed by atoms with Crippen LogP contribution in [0.25, 0.3) is 0 Å². The van der Waals surface area contributed by atoms with Crippen molar-refractivity contribution in [2.45, 2.75) is 20.0 Å². The monoisotopic (exact) mass is 248 g/mol. The van der Waals surface area contributed by atoms with Gasteiger partial charge in [0.15, 0.2) is 0 Å². The smallest absolute Gasteiger partial charge is 0.0797 e. The molecule has 0 saturated carbocycles. The van der Waals surface area contributed by atoms with Gasteiger partial charge in [-0.25, -0.2) is 4.98 Å². The minimum absolute atomic E-state index is 0.637. The summed E-state index contributed by atoms with van der Waals surface area (Å²) in [6.07, 6.45) is 0.936.